The zero-order valence-corrected chi connectivity index (χ0v) is 17.5. The molecular weight excluding hydrogens is 488 g/mol. The first-order chi connectivity index (χ1) is 13.8. The number of hydrogen-bond acceptors (Lipinski definition) is 7. The molecule has 2 heterocycles. The van der Waals surface area contributed by atoms with Gasteiger partial charge in [0.25, 0.3) is 16.8 Å². The molecule has 2 aliphatic rings. The first-order valence-electron chi connectivity index (χ1n) is 8.11. The van der Waals surface area contributed by atoms with Crippen molar-refractivity contribution in [2.45, 2.75) is 6.54 Å². The Kier molecular flexibility index (Phi) is 5.24. The molecule has 2 amide bonds. The van der Waals surface area contributed by atoms with E-state index in [1.54, 1.807) is 18.2 Å². The molecule has 0 bridgehead atoms. The highest BCUT2D eigenvalue weighted by molar-refractivity contribution is 9.10. The van der Waals surface area contributed by atoms with Gasteiger partial charge in [0, 0.05) is 17.2 Å². The molecule has 1 fully saturated rings. The third-order valence-corrected chi connectivity index (χ3v) is 6.14. The number of benzene rings is 2. The molecule has 148 valence electrons. The van der Waals surface area contributed by atoms with Crippen LogP contribution in [0.25, 0.3) is 6.08 Å². The molecule has 0 aromatic heterocycles. The van der Waals surface area contributed by atoms with E-state index in [4.69, 9.17) is 21.1 Å². The van der Waals surface area contributed by atoms with E-state index >= 15 is 0 Å². The Bertz CT molecular complexity index is 1110. The highest BCUT2D eigenvalue weighted by Crippen LogP contribution is 2.39. The van der Waals surface area contributed by atoms with E-state index in [1.165, 1.54) is 18.2 Å². The minimum absolute atomic E-state index is 0.0298. The average Bonchev–Trinajstić information content (AvgIpc) is 3.22. The van der Waals surface area contributed by atoms with Gasteiger partial charge in [0.1, 0.15) is 0 Å². The van der Waals surface area contributed by atoms with Gasteiger partial charge in [-0.25, -0.2) is 0 Å². The van der Waals surface area contributed by atoms with Crippen LogP contribution >= 0.6 is 39.3 Å². The average molecular weight is 498 g/mol. The third kappa shape index (κ3) is 3.83. The van der Waals surface area contributed by atoms with Crippen LogP contribution in [0.3, 0.4) is 0 Å². The number of ether oxygens (including phenoxy) is 2. The van der Waals surface area contributed by atoms with E-state index < -0.39 is 16.1 Å². The zero-order valence-electron chi connectivity index (χ0n) is 14.4. The summed E-state index contributed by atoms with van der Waals surface area (Å²) in [5, 5.41) is 11.0. The van der Waals surface area contributed by atoms with Crippen molar-refractivity contribution >= 4 is 62.2 Å². The van der Waals surface area contributed by atoms with Crippen molar-refractivity contribution in [3.63, 3.8) is 0 Å². The van der Waals surface area contributed by atoms with E-state index in [2.05, 4.69) is 15.9 Å². The second-order valence-electron chi connectivity index (χ2n) is 6.03. The zero-order chi connectivity index (χ0) is 20.7. The van der Waals surface area contributed by atoms with Gasteiger partial charge >= 0.3 is 0 Å². The van der Waals surface area contributed by atoms with Gasteiger partial charge in [-0.2, -0.15) is 0 Å². The summed E-state index contributed by atoms with van der Waals surface area (Å²) in [6.07, 6.45) is 1.45. The Morgan fingerprint density at radius 3 is 2.69 bits per heavy atom. The molecule has 2 aliphatic heterocycles. The van der Waals surface area contributed by atoms with Crippen molar-refractivity contribution in [3.05, 3.63) is 66.0 Å². The van der Waals surface area contributed by atoms with Gasteiger partial charge in [-0.05, 0) is 57.0 Å². The summed E-state index contributed by atoms with van der Waals surface area (Å²) < 4.78 is 10.9. The summed E-state index contributed by atoms with van der Waals surface area (Å²) in [6.45, 7) is 0.0523. The van der Waals surface area contributed by atoms with Crippen LogP contribution in [0.15, 0.2) is 39.7 Å². The summed E-state index contributed by atoms with van der Waals surface area (Å²) in [6, 6.07) is 7.66. The predicted molar refractivity (Wildman–Crippen MR) is 110 cm³/mol. The SMILES string of the molecule is O=C1S/C(=C\c2ccc(Br)c([N+](=O)[O-])c2)C(=O)N1Cc1cc2c(cc1Cl)OCO2. The van der Waals surface area contributed by atoms with Gasteiger partial charge in [0.05, 0.1) is 20.8 Å². The number of hydrogen-bond donors (Lipinski definition) is 0. The second kappa shape index (κ2) is 7.69. The number of nitrogens with zero attached hydrogens (tertiary/aromatic N) is 2. The number of rotatable bonds is 4. The molecular formula is C18H10BrClN2O6S. The van der Waals surface area contributed by atoms with Crippen LogP contribution in [-0.2, 0) is 11.3 Å². The minimum atomic E-state index is -0.533. The standard InChI is InChI=1S/C18H10BrClN2O6S/c19-11-2-1-9(3-13(11)22(25)26)4-16-17(23)21(18(24)29-16)7-10-5-14-15(6-12(10)20)28-8-27-14/h1-6H,7-8H2/b16-4-. The number of nitro groups is 1. The molecule has 0 spiro atoms. The summed E-state index contributed by atoms with van der Waals surface area (Å²) in [7, 11) is 0. The van der Waals surface area contributed by atoms with Crippen LogP contribution < -0.4 is 9.47 Å². The first-order valence-corrected chi connectivity index (χ1v) is 10.1. The largest absolute Gasteiger partial charge is 0.454 e. The number of carbonyl (C=O) groups excluding carboxylic acids is 2. The number of fused-ring (bicyclic) bond motifs is 1. The van der Waals surface area contributed by atoms with Crippen LogP contribution in [0.4, 0.5) is 10.5 Å². The Hall–Kier alpha value is -2.56. The van der Waals surface area contributed by atoms with Crippen LogP contribution in [0.1, 0.15) is 11.1 Å². The lowest BCUT2D eigenvalue weighted by molar-refractivity contribution is -0.385. The summed E-state index contributed by atoms with van der Waals surface area (Å²) in [4.78, 5) is 36.9. The van der Waals surface area contributed by atoms with Gasteiger partial charge < -0.3 is 9.47 Å². The maximum absolute atomic E-state index is 12.7. The quantitative estimate of drug-likeness (QED) is 0.334. The van der Waals surface area contributed by atoms with E-state index in [1.807, 2.05) is 0 Å². The van der Waals surface area contributed by atoms with Crippen molar-refractivity contribution in [1.82, 2.24) is 4.90 Å². The number of nitro benzene ring substituents is 1. The number of carbonyl (C=O) groups is 2. The Balaban J connectivity index is 1.59. The molecule has 1 saturated heterocycles. The van der Waals surface area contributed by atoms with Gasteiger partial charge in [-0.15, -0.1) is 0 Å². The topological polar surface area (TPSA) is 99.0 Å². The molecule has 4 rings (SSSR count). The molecule has 0 N–H and O–H groups in total. The maximum Gasteiger partial charge on any atom is 0.293 e. The fourth-order valence-corrected chi connectivity index (χ4v) is 4.24. The van der Waals surface area contributed by atoms with Gasteiger partial charge in [-0.1, -0.05) is 17.7 Å². The van der Waals surface area contributed by atoms with Crippen molar-refractivity contribution in [1.29, 1.82) is 0 Å². The molecule has 29 heavy (non-hydrogen) atoms. The van der Waals surface area contributed by atoms with E-state index in [-0.39, 0.29) is 23.9 Å². The third-order valence-electron chi connectivity index (χ3n) is 4.21. The number of imide groups is 1. The summed E-state index contributed by atoms with van der Waals surface area (Å²) >= 11 is 10.1. The summed E-state index contributed by atoms with van der Waals surface area (Å²) in [5.74, 6) is 0.498. The van der Waals surface area contributed by atoms with E-state index in [0.717, 1.165) is 16.7 Å². The maximum atomic E-state index is 12.7. The molecule has 8 nitrogen and oxygen atoms in total. The van der Waals surface area contributed by atoms with Gasteiger partial charge in [0.2, 0.25) is 6.79 Å². The highest BCUT2D eigenvalue weighted by atomic mass is 79.9. The molecule has 0 atom stereocenters. The Morgan fingerprint density at radius 2 is 1.97 bits per heavy atom. The van der Waals surface area contributed by atoms with Crippen LogP contribution in [0.2, 0.25) is 5.02 Å². The summed E-state index contributed by atoms with van der Waals surface area (Å²) in [5.41, 5.74) is 0.843. The smallest absolute Gasteiger partial charge is 0.293 e. The lowest BCUT2D eigenvalue weighted by Crippen LogP contribution is -2.27. The van der Waals surface area contributed by atoms with E-state index in [0.29, 0.717) is 32.1 Å². The van der Waals surface area contributed by atoms with Crippen molar-refractivity contribution in [2.24, 2.45) is 0 Å². The van der Waals surface area contributed by atoms with Gasteiger partial charge in [0.15, 0.2) is 11.5 Å². The fourth-order valence-electron chi connectivity index (χ4n) is 2.80. The lowest BCUT2D eigenvalue weighted by atomic mass is 10.1. The van der Waals surface area contributed by atoms with Crippen LogP contribution in [-0.4, -0.2) is 27.8 Å². The molecule has 2 aromatic rings. The lowest BCUT2D eigenvalue weighted by Gasteiger charge is -2.14. The Morgan fingerprint density at radius 1 is 1.24 bits per heavy atom. The van der Waals surface area contributed by atoms with E-state index in [9.17, 15) is 19.7 Å². The highest BCUT2D eigenvalue weighted by Gasteiger charge is 2.36. The molecule has 11 heteroatoms. The minimum Gasteiger partial charge on any atom is -0.454 e. The van der Waals surface area contributed by atoms with Crippen molar-refractivity contribution in [3.8, 4) is 11.5 Å². The Labute approximate surface area is 181 Å². The fraction of sp³-hybridized carbons (Fsp3) is 0.111. The van der Waals surface area contributed by atoms with Crippen LogP contribution in [0.5, 0.6) is 11.5 Å². The number of amides is 2. The predicted octanol–water partition coefficient (Wildman–Crippen LogP) is 4.98. The molecule has 0 aliphatic carbocycles. The normalized spacial score (nSPS) is 16.8. The second-order valence-corrected chi connectivity index (χ2v) is 8.29. The van der Waals surface area contributed by atoms with Gasteiger partial charge in [-0.3, -0.25) is 24.6 Å². The number of halogens is 2. The van der Waals surface area contributed by atoms with Crippen molar-refractivity contribution in [2.75, 3.05) is 6.79 Å². The monoisotopic (exact) mass is 496 g/mol. The molecule has 0 radical (unpaired) electrons. The van der Waals surface area contributed by atoms with Crippen molar-refractivity contribution < 1.29 is 24.0 Å². The molecule has 2 aromatic carbocycles. The first kappa shape index (κ1) is 19.7. The number of thioether (sulfide) groups is 1. The van der Waals surface area contributed by atoms with Crippen LogP contribution in [0, 0.1) is 10.1 Å². The molecule has 0 saturated carbocycles. The molecule has 0 unspecified atom stereocenters.